The zero-order chi connectivity index (χ0) is 11.8. The molecule has 0 bridgehead atoms. The molecule has 4 heteroatoms. The first-order valence-corrected chi connectivity index (χ1v) is 6.14. The summed E-state index contributed by atoms with van der Waals surface area (Å²) in [4.78, 5) is 3.24. The lowest BCUT2D eigenvalue weighted by Crippen LogP contribution is -2.15. The molecule has 0 atom stereocenters. The fourth-order valence-corrected chi connectivity index (χ4v) is 2.36. The molecule has 1 aliphatic rings. The summed E-state index contributed by atoms with van der Waals surface area (Å²) in [7, 11) is 0. The van der Waals surface area contributed by atoms with Crippen molar-refractivity contribution in [2.24, 2.45) is 0 Å². The molecule has 0 saturated heterocycles. The predicted octanol–water partition coefficient (Wildman–Crippen LogP) is 3.23. The van der Waals surface area contributed by atoms with Crippen LogP contribution in [-0.2, 0) is 6.42 Å². The van der Waals surface area contributed by atoms with Crippen molar-refractivity contribution in [2.75, 3.05) is 13.2 Å². The first kappa shape index (κ1) is 10.6. The van der Waals surface area contributed by atoms with E-state index in [0.717, 1.165) is 39.0 Å². The Hall–Kier alpha value is -1.55. The van der Waals surface area contributed by atoms with E-state index in [9.17, 15) is 0 Å². The van der Waals surface area contributed by atoms with Crippen LogP contribution < -0.4 is 9.47 Å². The van der Waals surface area contributed by atoms with Crippen LogP contribution in [0.25, 0.3) is 10.9 Å². The van der Waals surface area contributed by atoms with Crippen LogP contribution in [0.2, 0.25) is 0 Å². The molecule has 0 saturated carbocycles. The van der Waals surface area contributed by atoms with Crippen molar-refractivity contribution in [3.8, 4) is 11.5 Å². The lowest BCUT2D eigenvalue weighted by molar-refractivity contribution is 0.172. The minimum absolute atomic E-state index is 0.603. The third-order valence-electron chi connectivity index (χ3n) is 2.96. The summed E-state index contributed by atoms with van der Waals surface area (Å²) in [6.45, 7) is 3.32. The molecule has 0 spiro atoms. The van der Waals surface area contributed by atoms with Gasteiger partial charge in [0, 0.05) is 11.5 Å². The Balaban J connectivity index is 2.26. The minimum atomic E-state index is 0.603. The smallest absolute Gasteiger partial charge is 0.163 e. The fourth-order valence-electron chi connectivity index (χ4n) is 2.05. The van der Waals surface area contributed by atoms with Crippen LogP contribution in [0.4, 0.5) is 0 Å². The van der Waals surface area contributed by atoms with Crippen LogP contribution in [0, 0.1) is 4.64 Å². The largest absolute Gasteiger partial charge is 0.486 e. The number of aromatic amines is 1. The second-order valence-corrected chi connectivity index (χ2v) is 4.47. The first-order valence-electron chi connectivity index (χ1n) is 5.73. The number of benzene rings is 1. The minimum Gasteiger partial charge on any atom is -0.486 e. The summed E-state index contributed by atoms with van der Waals surface area (Å²) in [6.07, 6.45) is 0.930. The maximum atomic E-state index is 5.57. The maximum absolute atomic E-state index is 5.57. The molecule has 0 radical (unpaired) electrons. The van der Waals surface area contributed by atoms with Gasteiger partial charge in [0.1, 0.15) is 17.9 Å². The number of hydrogen-bond donors (Lipinski definition) is 1. The monoisotopic (exact) mass is 247 g/mol. The van der Waals surface area contributed by atoms with E-state index in [1.54, 1.807) is 0 Å². The van der Waals surface area contributed by atoms with Crippen molar-refractivity contribution in [1.82, 2.24) is 4.98 Å². The average Bonchev–Trinajstić information content (AvgIpc) is 2.35. The van der Waals surface area contributed by atoms with Crippen molar-refractivity contribution in [1.29, 1.82) is 0 Å². The summed E-state index contributed by atoms with van der Waals surface area (Å²) in [5.74, 6) is 1.61. The number of fused-ring (bicyclic) bond motifs is 2. The molecule has 0 unspecified atom stereocenters. The average molecular weight is 247 g/mol. The molecule has 1 aromatic carbocycles. The highest BCUT2D eigenvalue weighted by Gasteiger charge is 2.13. The van der Waals surface area contributed by atoms with Crippen molar-refractivity contribution in [2.45, 2.75) is 13.3 Å². The molecule has 0 amide bonds. The van der Waals surface area contributed by atoms with Gasteiger partial charge in [0.2, 0.25) is 0 Å². The zero-order valence-corrected chi connectivity index (χ0v) is 10.4. The van der Waals surface area contributed by atoms with Gasteiger partial charge < -0.3 is 14.5 Å². The number of ether oxygens (including phenoxy) is 2. The van der Waals surface area contributed by atoms with Crippen LogP contribution in [0.3, 0.4) is 0 Å². The zero-order valence-electron chi connectivity index (χ0n) is 9.58. The summed E-state index contributed by atoms with van der Waals surface area (Å²) in [5, 5.41) is 1.11. The number of aryl methyl sites for hydroxylation is 1. The van der Waals surface area contributed by atoms with Gasteiger partial charge in [0.15, 0.2) is 11.5 Å². The Morgan fingerprint density at radius 1 is 1.18 bits per heavy atom. The number of aromatic nitrogens is 1. The summed E-state index contributed by atoms with van der Waals surface area (Å²) in [5.41, 5.74) is 2.15. The Morgan fingerprint density at radius 2 is 1.88 bits per heavy atom. The Morgan fingerprint density at radius 3 is 2.59 bits per heavy atom. The molecule has 1 N–H and O–H groups in total. The Kier molecular flexibility index (Phi) is 2.52. The van der Waals surface area contributed by atoms with Crippen LogP contribution >= 0.6 is 12.2 Å². The molecule has 0 fully saturated rings. The third kappa shape index (κ3) is 1.78. The van der Waals surface area contributed by atoms with Gasteiger partial charge in [-0.05, 0) is 24.1 Å². The van der Waals surface area contributed by atoms with Gasteiger partial charge in [-0.2, -0.15) is 0 Å². The van der Waals surface area contributed by atoms with E-state index in [1.807, 2.05) is 12.1 Å². The topological polar surface area (TPSA) is 34.2 Å². The van der Waals surface area contributed by atoms with E-state index in [1.165, 1.54) is 0 Å². The number of nitrogens with one attached hydrogen (secondary N) is 1. The van der Waals surface area contributed by atoms with Gasteiger partial charge in [-0.3, -0.25) is 0 Å². The van der Waals surface area contributed by atoms with E-state index in [-0.39, 0.29) is 0 Å². The second kappa shape index (κ2) is 4.04. The van der Waals surface area contributed by atoms with Crippen molar-refractivity contribution < 1.29 is 9.47 Å². The lowest BCUT2D eigenvalue weighted by Gasteiger charge is -2.19. The van der Waals surface area contributed by atoms with Gasteiger partial charge >= 0.3 is 0 Å². The third-order valence-corrected chi connectivity index (χ3v) is 3.33. The highest BCUT2D eigenvalue weighted by atomic mass is 32.1. The predicted molar refractivity (Wildman–Crippen MR) is 69.5 cm³/mol. The summed E-state index contributed by atoms with van der Waals surface area (Å²) < 4.78 is 11.9. The van der Waals surface area contributed by atoms with E-state index in [4.69, 9.17) is 21.7 Å². The van der Waals surface area contributed by atoms with E-state index in [0.29, 0.717) is 13.2 Å². The molecule has 3 nitrogen and oxygen atoms in total. The Bertz CT molecular complexity index is 633. The Labute approximate surface area is 104 Å². The lowest BCUT2D eigenvalue weighted by atomic mass is 10.1. The van der Waals surface area contributed by atoms with Gasteiger partial charge in [0.25, 0.3) is 0 Å². The summed E-state index contributed by atoms with van der Waals surface area (Å²) >= 11 is 5.31. The number of rotatable bonds is 1. The maximum Gasteiger partial charge on any atom is 0.163 e. The first-order chi connectivity index (χ1) is 8.28. The molecular formula is C13H13NO2S. The molecule has 88 valence electrons. The molecular weight excluding hydrogens is 234 g/mol. The molecule has 2 aromatic rings. The van der Waals surface area contributed by atoms with Gasteiger partial charge in [0.05, 0.1) is 5.52 Å². The molecule has 0 aliphatic carbocycles. The number of pyridine rings is 1. The SMILES string of the molecule is CCc1cc2cc3c(cc2[nH]c1=S)OCCO3. The molecule has 1 aromatic heterocycles. The van der Waals surface area contributed by atoms with Crippen LogP contribution in [0.1, 0.15) is 12.5 Å². The van der Waals surface area contributed by atoms with Crippen LogP contribution in [0.5, 0.6) is 11.5 Å². The quantitative estimate of drug-likeness (QED) is 0.786. The molecule has 2 heterocycles. The van der Waals surface area contributed by atoms with Crippen LogP contribution in [0.15, 0.2) is 18.2 Å². The van der Waals surface area contributed by atoms with E-state index >= 15 is 0 Å². The molecule has 17 heavy (non-hydrogen) atoms. The van der Waals surface area contributed by atoms with E-state index < -0.39 is 0 Å². The van der Waals surface area contributed by atoms with Crippen LogP contribution in [-0.4, -0.2) is 18.2 Å². The van der Waals surface area contributed by atoms with Gasteiger partial charge in [-0.1, -0.05) is 19.1 Å². The van der Waals surface area contributed by atoms with Gasteiger partial charge in [-0.25, -0.2) is 0 Å². The second-order valence-electron chi connectivity index (χ2n) is 4.06. The normalized spacial score (nSPS) is 13.9. The number of H-pyrrole nitrogens is 1. The van der Waals surface area contributed by atoms with Crippen molar-refractivity contribution in [3.63, 3.8) is 0 Å². The molecule has 1 aliphatic heterocycles. The highest BCUT2D eigenvalue weighted by molar-refractivity contribution is 7.71. The van der Waals surface area contributed by atoms with Crippen molar-refractivity contribution in [3.05, 3.63) is 28.4 Å². The fraction of sp³-hybridized carbons (Fsp3) is 0.308. The van der Waals surface area contributed by atoms with Crippen molar-refractivity contribution >= 4 is 23.1 Å². The van der Waals surface area contributed by atoms with E-state index in [2.05, 4.69) is 18.0 Å². The summed E-state index contributed by atoms with van der Waals surface area (Å²) in [6, 6.07) is 6.08. The van der Waals surface area contributed by atoms with Gasteiger partial charge in [-0.15, -0.1) is 0 Å². The number of hydrogen-bond acceptors (Lipinski definition) is 3. The standard InChI is InChI=1S/C13H13NO2S/c1-2-8-5-9-6-11-12(16-4-3-15-11)7-10(9)14-13(8)17/h5-7H,2-4H2,1H3,(H,14,17). The highest BCUT2D eigenvalue weighted by Crippen LogP contribution is 2.34. The molecule has 3 rings (SSSR count).